The Kier molecular flexibility index (Phi) is 5.03. The molecule has 2 aromatic rings. The summed E-state index contributed by atoms with van der Waals surface area (Å²) < 4.78 is 25.9. The fraction of sp³-hybridized carbons (Fsp3) is 0.333. The van der Waals surface area contributed by atoms with E-state index in [0.717, 1.165) is 13.0 Å². The van der Waals surface area contributed by atoms with Crippen molar-refractivity contribution in [1.82, 2.24) is 5.32 Å². The summed E-state index contributed by atoms with van der Waals surface area (Å²) in [6.07, 6.45) is 3.43. The van der Waals surface area contributed by atoms with Gasteiger partial charge in [-0.2, -0.15) is 0 Å². The van der Waals surface area contributed by atoms with Gasteiger partial charge in [0.1, 0.15) is 0 Å². The van der Waals surface area contributed by atoms with Gasteiger partial charge in [-0.05, 0) is 30.3 Å². The molecule has 2 aliphatic heterocycles. The number of ketones is 1. The lowest BCUT2D eigenvalue weighted by atomic mass is 10.0. The molecule has 0 atom stereocenters. The predicted molar refractivity (Wildman–Crippen MR) is 104 cm³/mol. The van der Waals surface area contributed by atoms with Gasteiger partial charge in [0.2, 0.25) is 9.84 Å². The van der Waals surface area contributed by atoms with Gasteiger partial charge in [0.15, 0.2) is 5.78 Å². The van der Waals surface area contributed by atoms with Crippen molar-refractivity contribution in [1.29, 1.82) is 0 Å². The molecule has 0 radical (unpaired) electrons. The Labute approximate surface area is 164 Å². The average molecular weight is 399 g/mol. The minimum atomic E-state index is -3.83. The maximum absolute atomic E-state index is 12.9. The van der Waals surface area contributed by atoms with Crippen molar-refractivity contribution >= 4 is 21.5 Å². The van der Waals surface area contributed by atoms with Crippen LogP contribution < -0.4 is 10.2 Å². The van der Waals surface area contributed by atoms with Crippen LogP contribution in [0.4, 0.5) is 0 Å². The van der Waals surface area contributed by atoms with Crippen LogP contribution in [-0.2, 0) is 9.84 Å². The monoisotopic (exact) mass is 399 g/mol. The molecule has 1 saturated heterocycles. The third-order valence-electron chi connectivity index (χ3n) is 5.50. The summed E-state index contributed by atoms with van der Waals surface area (Å²) in [5, 5.41) is 2.86. The quantitative estimate of drug-likeness (QED) is 0.624. The van der Waals surface area contributed by atoms with Crippen LogP contribution in [0.1, 0.15) is 45.5 Å². The zero-order valence-electron chi connectivity index (χ0n) is 15.5. The zero-order valence-corrected chi connectivity index (χ0v) is 16.3. The van der Waals surface area contributed by atoms with E-state index in [-0.39, 0.29) is 38.2 Å². The predicted octanol–water partition coefficient (Wildman–Crippen LogP) is 0.862. The van der Waals surface area contributed by atoms with Gasteiger partial charge in [0.05, 0.1) is 29.4 Å². The van der Waals surface area contributed by atoms with Crippen LogP contribution in [0, 0.1) is 0 Å². The standard InChI is InChI=1S/C21H22N2O4S/c24-20-16-6-1-2-7-18(16)28(26,27)19-14-15(8-9-17(19)20)21(25)22-10-5-13-23-11-3-4-12-23/h1-2,6-9,14H,3-5,10-13H2,(H,22,25)/p+1. The Morgan fingerprint density at radius 3 is 2.50 bits per heavy atom. The van der Waals surface area contributed by atoms with Crippen molar-refractivity contribution in [3.63, 3.8) is 0 Å². The van der Waals surface area contributed by atoms with E-state index in [2.05, 4.69) is 5.32 Å². The fourth-order valence-electron chi connectivity index (χ4n) is 3.99. The highest BCUT2D eigenvalue weighted by atomic mass is 32.2. The number of amides is 1. The second kappa shape index (κ2) is 7.48. The molecule has 7 heteroatoms. The van der Waals surface area contributed by atoms with Crippen molar-refractivity contribution in [2.24, 2.45) is 0 Å². The first-order chi connectivity index (χ1) is 13.5. The van der Waals surface area contributed by atoms with Gasteiger partial charge in [-0.25, -0.2) is 8.42 Å². The maximum atomic E-state index is 12.9. The lowest BCUT2D eigenvalue weighted by Crippen LogP contribution is -3.10. The molecule has 0 spiro atoms. The Bertz CT molecular complexity index is 1040. The molecule has 146 valence electrons. The van der Waals surface area contributed by atoms with Crippen molar-refractivity contribution < 1.29 is 22.9 Å². The molecule has 0 unspecified atom stereocenters. The van der Waals surface area contributed by atoms with E-state index in [9.17, 15) is 18.0 Å². The number of fused-ring (bicyclic) bond motifs is 2. The average Bonchev–Trinajstić information content (AvgIpc) is 3.23. The molecule has 1 fully saturated rings. The van der Waals surface area contributed by atoms with Gasteiger partial charge >= 0.3 is 0 Å². The van der Waals surface area contributed by atoms with E-state index in [1.54, 1.807) is 17.0 Å². The molecule has 2 aliphatic rings. The van der Waals surface area contributed by atoms with Crippen molar-refractivity contribution in [3.8, 4) is 0 Å². The Morgan fingerprint density at radius 2 is 1.71 bits per heavy atom. The number of benzene rings is 2. The first kappa shape index (κ1) is 18.8. The number of quaternary nitrogens is 1. The highest BCUT2D eigenvalue weighted by Crippen LogP contribution is 2.34. The fourth-order valence-corrected chi connectivity index (χ4v) is 5.67. The normalized spacial score (nSPS) is 17.8. The molecule has 0 saturated carbocycles. The van der Waals surface area contributed by atoms with Gasteiger partial charge in [0.25, 0.3) is 5.91 Å². The molecule has 4 rings (SSSR count). The molecule has 2 aromatic carbocycles. The number of carbonyl (C=O) groups is 2. The summed E-state index contributed by atoms with van der Waals surface area (Å²) >= 11 is 0. The summed E-state index contributed by atoms with van der Waals surface area (Å²) in [4.78, 5) is 26.6. The van der Waals surface area contributed by atoms with E-state index in [0.29, 0.717) is 6.54 Å². The second-order valence-corrected chi connectivity index (χ2v) is 9.24. The molecule has 1 amide bonds. The smallest absolute Gasteiger partial charge is 0.251 e. The van der Waals surface area contributed by atoms with E-state index in [1.807, 2.05) is 0 Å². The van der Waals surface area contributed by atoms with Crippen LogP contribution in [0.2, 0.25) is 0 Å². The van der Waals surface area contributed by atoms with Crippen molar-refractivity contribution in [2.75, 3.05) is 26.2 Å². The number of likely N-dealkylation sites (tertiary alicyclic amines) is 1. The van der Waals surface area contributed by atoms with Crippen LogP contribution >= 0.6 is 0 Å². The summed E-state index contributed by atoms with van der Waals surface area (Å²) in [6, 6.07) is 10.5. The van der Waals surface area contributed by atoms with Crippen LogP contribution in [0.3, 0.4) is 0 Å². The lowest BCUT2D eigenvalue weighted by Gasteiger charge is -2.19. The van der Waals surface area contributed by atoms with Gasteiger partial charge in [-0.1, -0.05) is 12.1 Å². The van der Waals surface area contributed by atoms with Crippen LogP contribution in [0.15, 0.2) is 52.3 Å². The minimum Gasteiger partial charge on any atom is -0.352 e. The third-order valence-corrected chi connectivity index (χ3v) is 7.35. The number of carbonyl (C=O) groups excluding carboxylic acids is 2. The molecule has 2 N–H and O–H groups in total. The van der Waals surface area contributed by atoms with E-state index in [4.69, 9.17) is 0 Å². The van der Waals surface area contributed by atoms with E-state index in [1.165, 1.54) is 56.3 Å². The first-order valence-electron chi connectivity index (χ1n) is 9.63. The summed E-state index contributed by atoms with van der Waals surface area (Å²) in [6.45, 7) is 3.98. The van der Waals surface area contributed by atoms with E-state index >= 15 is 0 Å². The molecule has 28 heavy (non-hydrogen) atoms. The molecule has 2 heterocycles. The number of nitrogens with one attached hydrogen (secondary N) is 2. The number of hydrogen-bond donors (Lipinski definition) is 2. The summed E-state index contributed by atoms with van der Waals surface area (Å²) in [7, 11) is -3.83. The van der Waals surface area contributed by atoms with Crippen LogP contribution in [-0.4, -0.2) is 46.3 Å². The SMILES string of the molecule is O=C(NCCC[NH+]1CCCC1)c1ccc2c(c1)S(=O)(=O)c1ccccc1C2=O. The van der Waals surface area contributed by atoms with Crippen molar-refractivity contribution in [3.05, 3.63) is 59.2 Å². The van der Waals surface area contributed by atoms with Crippen LogP contribution in [0.5, 0.6) is 0 Å². The number of hydrogen-bond acceptors (Lipinski definition) is 4. The molecule has 6 nitrogen and oxygen atoms in total. The molecule has 0 bridgehead atoms. The number of rotatable bonds is 5. The largest absolute Gasteiger partial charge is 0.352 e. The lowest BCUT2D eigenvalue weighted by molar-refractivity contribution is -0.887. The third kappa shape index (κ3) is 3.36. The Hall–Kier alpha value is -2.51. The van der Waals surface area contributed by atoms with E-state index < -0.39 is 9.84 Å². The molecular weight excluding hydrogens is 376 g/mol. The second-order valence-electron chi connectivity index (χ2n) is 7.36. The molecule has 0 aromatic heterocycles. The molecule has 0 aliphatic carbocycles. The Balaban J connectivity index is 1.51. The van der Waals surface area contributed by atoms with Gasteiger partial charge < -0.3 is 10.2 Å². The van der Waals surface area contributed by atoms with Gasteiger partial charge in [-0.3, -0.25) is 9.59 Å². The topological polar surface area (TPSA) is 84.8 Å². The highest BCUT2D eigenvalue weighted by molar-refractivity contribution is 7.91. The minimum absolute atomic E-state index is 0.00125. The Morgan fingerprint density at radius 1 is 1.00 bits per heavy atom. The first-order valence-corrected chi connectivity index (χ1v) is 11.1. The van der Waals surface area contributed by atoms with Gasteiger partial charge in [-0.15, -0.1) is 0 Å². The number of sulfone groups is 1. The summed E-state index contributed by atoms with van der Waals surface area (Å²) in [5.74, 6) is -0.651. The molecular formula is C21H23N2O4S+. The summed E-state index contributed by atoms with van der Waals surface area (Å²) in [5.41, 5.74) is 0.549. The zero-order chi connectivity index (χ0) is 19.7. The van der Waals surface area contributed by atoms with Crippen molar-refractivity contribution in [2.45, 2.75) is 29.1 Å². The van der Waals surface area contributed by atoms with Crippen LogP contribution in [0.25, 0.3) is 0 Å². The highest BCUT2D eigenvalue weighted by Gasteiger charge is 2.35. The maximum Gasteiger partial charge on any atom is 0.251 e. The van der Waals surface area contributed by atoms with Gasteiger partial charge in [0, 0.05) is 42.5 Å².